The Labute approximate surface area is 152 Å². The van der Waals surface area contributed by atoms with Crippen molar-refractivity contribution in [3.8, 4) is 5.75 Å². The number of hydrogen-bond donors (Lipinski definition) is 1. The third-order valence-corrected chi connectivity index (χ3v) is 4.10. The lowest BCUT2D eigenvalue weighted by Gasteiger charge is -2.16. The molecule has 2 rings (SSSR count). The number of aryl methyl sites for hydroxylation is 1. The van der Waals surface area contributed by atoms with Crippen molar-refractivity contribution < 1.29 is 22.7 Å². The van der Waals surface area contributed by atoms with E-state index in [1.54, 1.807) is 25.1 Å². The molecule has 0 fully saturated rings. The Morgan fingerprint density at radius 2 is 1.76 bits per heavy atom. The molecule has 134 valence electrons. The van der Waals surface area contributed by atoms with Crippen LogP contribution in [-0.4, -0.2) is 12.0 Å². The first-order valence-electron chi connectivity index (χ1n) is 7.18. The lowest BCUT2D eigenvalue weighted by Crippen LogP contribution is -2.30. The molecule has 2 aromatic carbocycles. The highest BCUT2D eigenvalue weighted by molar-refractivity contribution is 6.31. The van der Waals surface area contributed by atoms with E-state index < -0.39 is 28.8 Å². The van der Waals surface area contributed by atoms with Gasteiger partial charge in [0.25, 0.3) is 5.91 Å². The van der Waals surface area contributed by atoms with Gasteiger partial charge in [-0.1, -0.05) is 23.2 Å². The Kier molecular flexibility index (Phi) is 5.85. The van der Waals surface area contributed by atoms with E-state index in [1.807, 2.05) is 0 Å². The van der Waals surface area contributed by atoms with Crippen LogP contribution in [0.4, 0.5) is 18.9 Å². The number of ether oxygens (including phenoxy) is 1. The highest BCUT2D eigenvalue weighted by Crippen LogP contribution is 2.36. The SMILES string of the molecule is Cc1cc(OC(C)C(=O)Nc2ccc(Cl)c(C(F)(F)F)c2)ccc1Cl. The highest BCUT2D eigenvalue weighted by Gasteiger charge is 2.33. The standard InChI is InChI=1S/C17H14Cl2F3NO2/c1-9-7-12(4-6-14(9)18)25-10(2)16(24)23-11-3-5-15(19)13(8-11)17(20,21)22/h3-8,10H,1-2H3,(H,23,24). The number of carbonyl (C=O) groups is 1. The van der Waals surface area contributed by atoms with Gasteiger partial charge in [-0.05, 0) is 55.8 Å². The number of rotatable bonds is 4. The first-order valence-corrected chi connectivity index (χ1v) is 7.94. The molecule has 0 aliphatic rings. The summed E-state index contributed by atoms with van der Waals surface area (Å²) < 4.78 is 44.0. The van der Waals surface area contributed by atoms with Gasteiger partial charge in [-0.3, -0.25) is 4.79 Å². The van der Waals surface area contributed by atoms with Crippen LogP contribution in [0, 0.1) is 6.92 Å². The summed E-state index contributed by atoms with van der Waals surface area (Å²) in [5, 5.41) is 2.50. The Hall–Kier alpha value is -1.92. The summed E-state index contributed by atoms with van der Waals surface area (Å²) in [6, 6.07) is 8.03. The van der Waals surface area contributed by atoms with Gasteiger partial charge in [-0.15, -0.1) is 0 Å². The molecule has 0 saturated heterocycles. The molecule has 8 heteroatoms. The number of hydrogen-bond acceptors (Lipinski definition) is 2. The molecule has 1 unspecified atom stereocenters. The van der Waals surface area contributed by atoms with Crippen molar-refractivity contribution in [2.45, 2.75) is 26.1 Å². The molecule has 25 heavy (non-hydrogen) atoms. The van der Waals surface area contributed by atoms with Crippen LogP contribution in [0.5, 0.6) is 5.75 Å². The van der Waals surface area contributed by atoms with Crippen LogP contribution in [0.1, 0.15) is 18.1 Å². The number of alkyl halides is 3. The lowest BCUT2D eigenvalue weighted by atomic mass is 10.2. The van der Waals surface area contributed by atoms with Gasteiger partial charge in [-0.2, -0.15) is 13.2 Å². The summed E-state index contributed by atoms with van der Waals surface area (Å²) in [4.78, 5) is 12.1. The molecular formula is C17H14Cl2F3NO2. The van der Waals surface area contributed by atoms with Crippen LogP contribution in [0.25, 0.3) is 0 Å². The molecule has 0 aliphatic carbocycles. The van der Waals surface area contributed by atoms with E-state index in [9.17, 15) is 18.0 Å². The maximum Gasteiger partial charge on any atom is 0.417 e. The number of anilines is 1. The molecular weight excluding hydrogens is 378 g/mol. The molecule has 2 aromatic rings. The van der Waals surface area contributed by atoms with Crippen molar-refractivity contribution in [3.63, 3.8) is 0 Å². The van der Waals surface area contributed by atoms with Crippen LogP contribution >= 0.6 is 23.2 Å². The zero-order chi connectivity index (χ0) is 18.8. The van der Waals surface area contributed by atoms with E-state index in [0.29, 0.717) is 10.8 Å². The van der Waals surface area contributed by atoms with E-state index in [0.717, 1.165) is 17.7 Å². The molecule has 0 spiro atoms. The molecule has 1 N–H and O–H groups in total. The molecule has 0 saturated carbocycles. The molecule has 0 bridgehead atoms. The minimum Gasteiger partial charge on any atom is -0.481 e. The minimum absolute atomic E-state index is 0.0236. The summed E-state index contributed by atoms with van der Waals surface area (Å²) >= 11 is 11.5. The van der Waals surface area contributed by atoms with E-state index in [2.05, 4.69) is 5.32 Å². The first kappa shape index (κ1) is 19.4. The van der Waals surface area contributed by atoms with Crippen LogP contribution in [0.2, 0.25) is 10.0 Å². The highest BCUT2D eigenvalue weighted by atomic mass is 35.5. The van der Waals surface area contributed by atoms with E-state index >= 15 is 0 Å². The lowest BCUT2D eigenvalue weighted by molar-refractivity contribution is -0.137. The zero-order valence-electron chi connectivity index (χ0n) is 13.2. The maximum atomic E-state index is 12.9. The molecule has 1 amide bonds. The topological polar surface area (TPSA) is 38.3 Å². The first-order chi connectivity index (χ1) is 11.6. The number of halogens is 5. The quantitative estimate of drug-likeness (QED) is 0.722. The van der Waals surface area contributed by atoms with Gasteiger partial charge in [0.1, 0.15) is 5.75 Å². The average Bonchev–Trinajstić information content (AvgIpc) is 2.51. The van der Waals surface area contributed by atoms with Gasteiger partial charge in [0.15, 0.2) is 6.10 Å². The van der Waals surface area contributed by atoms with Crippen molar-refractivity contribution in [3.05, 3.63) is 57.6 Å². The zero-order valence-corrected chi connectivity index (χ0v) is 14.8. The van der Waals surface area contributed by atoms with Gasteiger partial charge < -0.3 is 10.1 Å². The summed E-state index contributed by atoms with van der Waals surface area (Å²) in [5.41, 5.74) is -0.266. The van der Waals surface area contributed by atoms with E-state index in [4.69, 9.17) is 27.9 Å². The summed E-state index contributed by atoms with van der Waals surface area (Å²) in [7, 11) is 0. The number of carbonyl (C=O) groups excluding carboxylic acids is 1. The summed E-state index contributed by atoms with van der Waals surface area (Å²) in [6.07, 6.45) is -5.54. The van der Waals surface area contributed by atoms with Gasteiger partial charge in [0, 0.05) is 10.7 Å². The summed E-state index contributed by atoms with van der Waals surface area (Å²) in [6.45, 7) is 3.27. The van der Waals surface area contributed by atoms with Gasteiger partial charge in [0.2, 0.25) is 0 Å². The Morgan fingerprint density at radius 3 is 2.36 bits per heavy atom. The largest absolute Gasteiger partial charge is 0.481 e. The van der Waals surface area contributed by atoms with Gasteiger partial charge in [-0.25, -0.2) is 0 Å². The van der Waals surface area contributed by atoms with Crippen LogP contribution in [0.15, 0.2) is 36.4 Å². The Morgan fingerprint density at radius 1 is 1.12 bits per heavy atom. The van der Waals surface area contributed by atoms with Gasteiger partial charge >= 0.3 is 6.18 Å². The summed E-state index contributed by atoms with van der Waals surface area (Å²) in [5.74, 6) is -0.167. The fourth-order valence-electron chi connectivity index (χ4n) is 2.01. The third-order valence-electron chi connectivity index (χ3n) is 3.35. The predicted molar refractivity (Wildman–Crippen MR) is 91.4 cm³/mol. The van der Waals surface area contributed by atoms with Crippen molar-refractivity contribution in [2.75, 3.05) is 5.32 Å². The second-order valence-electron chi connectivity index (χ2n) is 5.35. The Balaban J connectivity index is 2.09. The van der Waals surface area contributed by atoms with Crippen molar-refractivity contribution in [2.24, 2.45) is 0 Å². The van der Waals surface area contributed by atoms with Crippen molar-refractivity contribution in [1.29, 1.82) is 0 Å². The number of benzene rings is 2. The Bertz CT molecular complexity index is 794. The fourth-order valence-corrected chi connectivity index (χ4v) is 2.35. The maximum absolute atomic E-state index is 12.9. The second-order valence-corrected chi connectivity index (χ2v) is 6.17. The van der Waals surface area contributed by atoms with Crippen molar-refractivity contribution >= 4 is 34.8 Å². The van der Waals surface area contributed by atoms with Gasteiger partial charge in [0.05, 0.1) is 10.6 Å². The molecule has 1 atom stereocenters. The van der Waals surface area contributed by atoms with E-state index in [1.165, 1.54) is 13.0 Å². The average molecular weight is 392 g/mol. The fraction of sp³-hybridized carbons (Fsp3) is 0.235. The molecule has 0 aromatic heterocycles. The second kappa shape index (κ2) is 7.54. The van der Waals surface area contributed by atoms with Crippen LogP contribution in [0.3, 0.4) is 0 Å². The normalized spacial score (nSPS) is 12.6. The molecule has 0 heterocycles. The monoisotopic (exact) mass is 391 g/mol. The third kappa shape index (κ3) is 5.03. The molecule has 3 nitrogen and oxygen atoms in total. The minimum atomic E-state index is -4.61. The number of nitrogens with one attached hydrogen (secondary N) is 1. The molecule has 0 aliphatic heterocycles. The van der Waals surface area contributed by atoms with Crippen LogP contribution in [-0.2, 0) is 11.0 Å². The van der Waals surface area contributed by atoms with E-state index in [-0.39, 0.29) is 5.69 Å². The number of amides is 1. The van der Waals surface area contributed by atoms with Crippen molar-refractivity contribution in [1.82, 2.24) is 0 Å². The van der Waals surface area contributed by atoms with Crippen LogP contribution < -0.4 is 10.1 Å². The predicted octanol–water partition coefficient (Wildman–Crippen LogP) is 5.73. The molecule has 0 radical (unpaired) electrons. The smallest absolute Gasteiger partial charge is 0.417 e.